The van der Waals surface area contributed by atoms with Crippen LogP contribution in [0.3, 0.4) is 0 Å². The van der Waals surface area contributed by atoms with Gasteiger partial charge < -0.3 is 14.3 Å². The highest BCUT2D eigenvalue weighted by molar-refractivity contribution is 5.97. The summed E-state index contributed by atoms with van der Waals surface area (Å²) in [5.74, 6) is 2.20. The summed E-state index contributed by atoms with van der Waals surface area (Å²) in [4.78, 5) is 33.9. The minimum Gasteiger partial charge on any atom is -0.507 e. The second-order valence-corrected chi connectivity index (χ2v) is 8.48. The molecule has 0 fully saturated rings. The standard InChI is InChI=1S/C15H19NO6.C15H20.C2H6/c1-3-11(17)13-12(18)9-10(22-14(13)19)7-5-4-6-8-16-15(20)21-2;1-3-5-6-7-10-15-12-8-11-14(13-15)9-4-2;1-2/h6,8-9,18H,3-5,7H2,1-2H3,(H,16,20);2,8,11-13H,3,5-7,9-10H2,1H3;1-2H3/b8-6+;;. The van der Waals surface area contributed by atoms with Gasteiger partial charge in [-0.25, -0.2) is 9.59 Å². The number of terminal acetylenes is 1. The van der Waals surface area contributed by atoms with Crippen molar-refractivity contribution >= 4 is 11.9 Å². The third-order valence-corrected chi connectivity index (χ3v) is 5.50. The number of nitrogens with one attached hydrogen (secondary N) is 1. The molecule has 214 valence electrons. The number of aryl methyl sites for hydroxylation is 2. The Bertz CT molecular complexity index is 1110. The zero-order chi connectivity index (χ0) is 29.5. The maximum absolute atomic E-state index is 11.7. The van der Waals surface area contributed by atoms with Crippen LogP contribution in [0.5, 0.6) is 5.75 Å². The number of alkyl carbamates (subject to hydrolysis) is 1. The monoisotopic (exact) mass is 539 g/mol. The summed E-state index contributed by atoms with van der Waals surface area (Å²) in [5.41, 5.74) is 1.59. The van der Waals surface area contributed by atoms with E-state index < -0.39 is 17.5 Å². The van der Waals surface area contributed by atoms with Gasteiger partial charge in [0, 0.05) is 31.5 Å². The van der Waals surface area contributed by atoms with Crippen LogP contribution in [-0.2, 0) is 24.0 Å². The lowest BCUT2D eigenvalue weighted by Gasteiger charge is -2.03. The van der Waals surface area contributed by atoms with E-state index in [1.165, 1.54) is 62.6 Å². The molecule has 2 rings (SSSR count). The van der Waals surface area contributed by atoms with Gasteiger partial charge >= 0.3 is 11.7 Å². The molecule has 0 aliphatic carbocycles. The molecule has 0 aliphatic heterocycles. The Morgan fingerprint density at radius 3 is 2.41 bits per heavy atom. The molecule has 1 aromatic carbocycles. The van der Waals surface area contributed by atoms with E-state index in [0.717, 1.165) is 6.42 Å². The number of hydrogen-bond acceptors (Lipinski definition) is 6. The molecule has 0 atom stereocenters. The Kier molecular flexibility index (Phi) is 20.1. The van der Waals surface area contributed by atoms with Crippen LogP contribution in [0.4, 0.5) is 4.79 Å². The van der Waals surface area contributed by atoms with E-state index in [4.69, 9.17) is 10.8 Å². The number of hydrogen-bond donors (Lipinski definition) is 2. The van der Waals surface area contributed by atoms with Crippen LogP contribution >= 0.6 is 0 Å². The Morgan fingerprint density at radius 2 is 1.79 bits per heavy atom. The summed E-state index contributed by atoms with van der Waals surface area (Å²) in [6, 6.07) is 9.95. The Labute approximate surface area is 233 Å². The number of carbonyl (C=O) groups is 2. The largest absolute Gasteiger partial charge is 0.507 e. The van der Waals surface area contributed by atoms with Crippen molar-refractivity contribution in [2.45, 2.75) is 91.9 Å². The van der Waals surface area contributed by atoms with Crippen molar-refractivity contribution in [1.82, 2.24) is 5.32 Å². The number of ketones is 1. The molecule has 2 N–H and O–H groups in total. The number of rotatable bonds is 13. The highest BCUT2D eigenvalue weighted by Gasteiger charge is 2.17. The SMILES string of the molecule is C#CCc1cccc(CCCCCC)c1.CC.CCC(=O)c1c(O)cc(CCC/C=C/NC(=O)OC)oc1=O. The first kappa shape index (κ1) is 35.2. The molecule has 0 radical (unpaired) electrons. The molecule has 0 saturated heterocycles. The van der Waals surface area contributed by atoms with Gasteiger partial charge in [0.05, 0.1) is 7.11 Å². The van der Waals surface area contributed by atoms with Gasteiger partial charge in [0.2, 0.25) is 0 Å². The molecule has 1 aromatic heterocycles. The lowest BCUT2D eigenvalue weighted by molar-refractivity contribution is 0.0980. The first-order chi connectivity index (χ1) is 18.9. The number of aromatic hydroxyl groups is 1. The average Bonchev–Trinajstić information content (AvgIpc) is 2.94. The van der Waals surface area contributed by atoms with Crippen molar-refractivity contribution in [3.8, 4) is 18.1 Å². The maximum atomic E-state index is 11.7. The van der Waals surface area contributed by atoms with Gasteiger partial charge in [-0.15, -0.1) is 12.3 Å². The van der Waals surface area contributed by atoms with Crippen LogP contribution in [0.2, 0.25) is 0 Å². The van der Waals surface area contributed by atoms with Crippen molar-refractivity contribution < 1.29 is 23.8 Å². The summed E-state index contributed by atoms with van der Waals surface area (Å²) in [6.45, 7) is 7.84. The van der Waals surface area contributed by atoms with E-state index in [1.807, 2.05) is 13.8 Å². The van der Waals surface area contributed by atoms with Crippen LogP contribution in [0, 0.1) is 12.3 Å². The van der Waals surface area contributed by atoms with Gasteiger partial charge in [0.1, 0.15) is 17.1 Å². The maximum Gasteiger partial charge on any atom is 0.410 e. The lowest BCUT2D eigenvalue weighted by atomic mass is 10.0. The fraction of sp³-hybridized carbons (Fsp3) is 0.469. The van der Waals surface area contributed by atoms with Crippen molar-refractivity contribution in [2.75, 3.05) is 7.11 Å². The highest BCUT2D eigenvalue weighted by Crippen LogP contribution is 2.18. The molecule has 7 nitrogen and oxygen atoms in total. The zero-order valence-corrected chi connectivity index (χ0v) is 24.2. The normalized spacial score (nSPS) is 9.95. The Balaban J connectivity index is 0.000000740. The van der Waals surface area contributed by atoms with E-state index in [2.05, 4.69) is 47.2 Å². The second kappa shape index (κ2) is 22.2. The van der Waals surface area contributed by atoms with E-state index in [0.29, 0.717) is 25.0 Å². The first-order valence-corrected chi connectivity index (χ1v) is 13.8. The number of unbranched alkanes of at least 4 members (excludes halogenated alkanes) is 4. The third-order valence-electron chi connectivity index (χ3n) is 5.50. The van der Waals surface area contributed by atoms with Gasteiger partial charge in [0.15, 0.2) is 5.78 Å². The molecule has 1 heterocycles. The summed E-state index contributed by atoms with van der Waals surface area (Å²) in [7, 11) is 1.27. The number of carbonyl (C=O) groups excluding carboxylic acids is 2. The molecule has 0 aliphatic rings. The van der Waals surface area contributed by atoms with Crippen molar-refractivity contribution in [2.24, 2.45) is 0 Å². The van der Waals surface area contributed by atoms with Gasteiger partial charge in [-0.1, -0.05) is 77.3 Å². The van der Waals surface area contributed by atoms with Crippen molar-refractivity contribution in [3.63, 3.8) is 0 Å². The molecule has 7 heteroatoms. The molecular weight excluding hydrogens is 494 g/mol. The third kappa shape index (κ3) is 15.3. The minimum absolute atomic E-state index is 0.121. The molecule has 39 heavy (non-hydrogen) atoms. The van der Waals surface area contributed by atoms with Crippen LogP contribution < -0.4 is 10.9 Å². The average molecular weight is 540 g/mol. The van der Waals surface area contributed by atoms with Gasteiger partial charge in [0.25, 0.3) is 0 Å². The zero-order valence-electron chi connectivity index (χ0n) is 24.2. The number of allylic oxidation sites excluding steroid dienone is 1. The van der Waals surface area contributed by atoms with Gasteiger partial charge in [-0.3, -0.25) is 10.1 Å². The lowest BCUT2D eigenvalue weighted by Crippen LogP contribution is -2.16. The second-order valence-electron chi connectivity index (χ2n) is 8.48. The van der Waals surface area contributed by atoms with Crippen LogP contribution in [-0.4, -0.2) is 24.1 Å². The fourth-order valence-electron chi connectivity index (χ4n) is 3.52. The van der Waals surface area contributed by atoms with Crippen LogP contribution in [0.25, 0.3) is 0 Å². The molecular formula is C32H45NO6. The predicted molar refractivity (Wildman–Crippen MR) is 157 cm³/mol. The smallest absolute Gasteiger partial charge is 0.410 e. The fourth-order valence-corrected chi connectivity index (χ4v) is 3.52. The number of amides is 1. The Hall–Kier alpha value is -3.79. The first-order valence-electron chi connectivity index (χ1n) is 13.8. The highest BCUT2D eigenvalue weighted by atomic mass is 16.5. The van der Waals surface area contributed by atoms with Crippen molar-refractivity contribution in [3.05, 3.63) is 75.5 Å². The summed E-state index contributed by atoms with van der Waals surface area (Å²) in [5, 5.41) is 12.1. The summed E-state index contributed by atoms with van der Waals surface area (Å²) < 4.78 is 9.41. The Morgan fingerprint density at radius 1 is 1.08 bits per heavy atom. The van der Waals surface area contributed by atoms with E-state index in [-0.39, 0.29) is 17.7 Å². The molecule has 2 aromatic rings. The van der Waals surface area contributed by atoms with Crippen LogP contribution in [0.1, 0.15) is 99.9 Å². The molecule has 1 amide bonds. The van der Waals surface area contributed by atoms with E-state index >= 15 is 0 Å². The number of methoxy groups -OCH3 is 1. The minimum atomic E-state index is -0.815. The van der Waals surface area contributed by atoms with Gasteiger partial charge in [-0.05, 0) is 36.8 Å². The molecule has 0 spiro atoms. The molecule has 0 saturated carbocycles. The number of benzene rings is 1. The molecule has 0 bridgehead atoms. The summed E-state index contributed by atoms with van der Waals surface area (Å²) in [6.07, 6.45) is 17.0. The van der Waals surface area contributed by atoms with Gasteiger partial charge in [-0.2, -0.15) is 0 Å². The number of ether oxygens (including phenoxy) is 1. The predicted octanol–water partition coefficient (Wildman–Crippen LogP) is 7.14. The quantitative estimate of drug-likeness (QED) is 0.159. The van der Waals surface area contributed by atoms with Crippen LogP contribution in [0.15, 0.2) is 51.8 Å². The number of Topliss-reactive ketones (excluding diaryl/α,β-unsaturated/α-hetero) is 1. The molecule has 0 unspecified atom stereocenters. The topological polar surface area (TPSA) is 106 Å². The van der Waals surface area contributed by atoms with Crippen molar-refractivity contribution in [1.29, 1.82) is 0 Å². The van der Waals surface area contributed by atoms with E-state index in [9.17, 15) is 19.5 Å². The summed E-state index contributed by atoms with van der Waals surface area (Å²) >= 11 is 0. The van der Waals surface area contributed by atoms with E-state index in [1.54, 1.807) is 13.0 Å².